The van der Waals surface area contributed by atoms with E-state index in [1.807, 2.05) is 0 Å². The van der Waals surface area contributed by atoms with Crippen LogP contribution in [0, 0.1) is 0 Å². The Morgan fingerprint density at radius 2 is 2.17 bits per heavy atom. The maximum atomic E-state index is 11.3. The van der Waals surface area contributed by atoms with Crippen molar-refractivity contribution in [3.8, 4) is 0 Å². The van der Waals surface area contributed by atoms with Crippen molar-refractivity contribution < 1.29 is 24.5 Å². The summed E-state index contributed by atoms with van der Waals surface area (Å²) in [5.74, 6) is -0.957. The maximum absolute atomic E-state index is 11.3. The standard InChI is InChI=1S/C12H13ClO5/c1-2-18-12(17)11(16)10(15)9-5-8(13)4-3-7(9)6-14/h3-6,10-11,15-16H,2H2,1H3. The number of carbonyl (C=O) groups excluding carboxylic acids is 2. The Bertz CT molecular complexity index is 446. The van der Waals surface area contributed by atoms with Gasteiger partial charge in [0, 0.05) is 10.6 Å². The minimum absolute atomic E-state index is 0.0815. The molecule has 1 rings (SSSR count). The Kier molecular flexibility index (Phi) is 5.27. The van der Waals surface area contributed by atoms with Crippen LogP contribution in [0.4, 0.5) is 0 Å². The van der Waals surface area contributed by atoms with Gasteiger partial charge in [-0.2, -0.15) is 0 Å². The summed E-state index contributed by atoms with van der Waals surface area (Å²) >= 11 is 5.74. The average Bonchev–Trinajstić information content (AvgIpc) is 2.37. The van der Waals surface area contributed by atoms with Gasteiger partial charge in [-0.15, -0.1) is 0 Å². The molecule has 0 aliphatic rings. The Morgan fingerprint density at radius 3 is 2.72 bits per heavy atom. The van der Waals surface area contributed by atoms with Crippen LogP contribution in [0.15, 0.2) is 18.2 Å². The lowest BCUT2D eigenvalue weighted by atomic mass is 9.99. The number of esters is 1. The summed E-state index contributed by atoms with van der Waals surface area (Å²) in [6.45, 7) is 1.66. The number of carbonyl (C=O) groups is 2. The summed E-state index contributed by atoms with van der Waals surface area (Å²) in [5.41, 5.74) is 0.230. The molecule has 0 heterocycles. The zero-order valence-corrected chi connectivity index (χ0v) is 10.4. The Balaban J connectivity index is 3.02. The van der Waals surface area contributed by atoms with Crippen LogP contribution in [0.25, 0.3) is 0 Å². The molecule has 2 N–H and O–H groups in total. The molecule has 0 radical (unpaired) electrons. The zero-order chi connectivity index (χ0) is 13.7. The quantitative estimate of drug-likeness (QED) is 0.620. The van der Waals surface area contributed by atoms with Gasteiger partial charge in [0.25, 0.3) is 0 Å². The van der Waals surface area contributed by atoms with E-state index in [0.29, 0.717) is 6.29 Å². The molecule has 0 amide bonds. The van der Waals surface area contributed by atoms with Crippen LogP contribution in [0.5, 0.6) is 0 Å². The number of rotatable bonds is 5. The number of aliphatic hydroxyl groups excluding tert-OH is 2. The van der Waals surface area contributed by atoms with E-state index < -0.39 is 18.2 Å². The lowest BCUT2D eigenvalue weighted by Crippen LogP contribution is -2.30. The Labute approximate surface area is 109 Å². The van der Waals surface area contributed by atoms with Crippen LogP contribution < -0.4 is 0 Å². The fourth-order valence-electron chi connectivity index (χ4n) is 1.44. The van der Waals surface area contributed by atoms with Crippen molar-refractivity contribution in [2.24, 2.45) is 0 Å². The highest BCUT2D eigenvalue weighted by molar-refractivity contribution is 6.30. The van der Waals surface area contributed by atoms with Crippen LogP contribution in [-0.4, -0.2) is 35.2 Å². The summed E-state index contributed by atoms with van der Waals surface area (Å²) in [4.78, 5) is 22.1. The summed E-state index contributed by atoms with van der Waals surface area (Å²) in [7, 11) is 0. The summed E-state index contributed by atoms with van der Waals surface area (Å²) in [6, 6.07) is 4.18. The fourth-order valence-corrected chi connectivity index (χ4v) is 1.62. The molecule has 0 bridgehead atoms. The van der Waals surface area contributed by atoms with Gasteiger partial charge in [-0.05, 0) is 30.7 Å². The van der Waals surface area contributed by atoms with E-state index in [9.17, 15) is 19.8 Å². The number of halogens is 1. The molecule has 2 atom stereocenters. The van der Waals surface area contributed by atoms with Gasteiger partial charge in [0.15, 0.2) is 6.10 Å². The third-order valence-corrected chi connectivity index (χ3v) is 2.56. The van der Waals surface area contributed by atoms with Crippen molar-refractivity contribution in [3.63, 3.8) is 0 Å². The lowest BCUT2D eigenvalue weighted by Gasteiger charge is -2.18. The molecule has 98 valence electrons. The first-order chi connectivity index (χ1) is 8.51. The first-order valence-electron chi connectivity index (χ1n) is 5.28. The molecular weight excluding hydrogens is 260 g/mol. The number of ether oxygens (including phenoxy) is 1. The van der Waals surface area contributed by atoms with Crippen LogP contribution in [0.1, 0.15) is 28.9 Å². The number of benzene rings is 1. The lowest BCUT2D eigenvalue weighted by molar-refractivity contribution is -0.159. The molecule has 18 heavy (non-hydrogen) atoms. The second-order valence-electron chi connectivity index (χ2n) is 3.53. The van der Waals surface area contributed by atoms with Crippen LogP contribution >= 0.6 is 11.6 Å². The number of aldehydes is 1. The minimum atomic E-state index is -1.76. The summed E-state index contributed by atoms with van der Waals surface area (Å²) in [5, 5.41) is 19.7. The van der Waals surface area contributed by atoms with Gasteiger partial charge in [-0.1, -0.05) is 11.6 Å². The molecule has 0 aromatic heterocycles. The van der Waals surface area contributed by atoms with Gasteiger partial charge in [0.2, 0.25) is 0 Å². The molecule has 0 saturated heterocycles. The molecule has 0 fully saturated rings. The van der Waals surface area contributed by atoms with Crippen molar-refractivity contribution in [3.05, 3.63) is 34.3 Å². The van der Waals surface area contributed by atoms with Crippen molar-refractivity contribution in [2.45, 2.75) is 19.1 Å². The number of hydrogen-bond donors (Lipinski definition) is 2. The third kappa shape index (κ3) is 3.29. The van der Waals surface area contributed by atoms with E-state index in [0.717, 1.165) is 0 Å². The topological polar surface area (TPSA) is 83.8 Å². The van der Waals surface area contributed by atoms with Crippen molar-refractivity contribution in [1.29, 1.82) is 0 Å². The summed E-state index contributed by atoms with van der Waals surface area (Å²) in [6.07, 6.45) is -2.82. The van der Waals surface area contributed by atoms with Gasteiger partial charge in [-0.3, -0.25) is 4.79 Å². The predicted molar refractivity (Wildman–Crippen MR) is 64.4 cm³/mol. The molecule has 0 aliphatic carbocycles. The van der Waals surface area contributed by atoms with Crippen molar-refractivity contribution in [2.75, 3.05) is 6.61 Å². The number of aliphatic hydroxyl groups is 2. The van der Waals surface area contributed by atoms with Crippen molar-refractivity contribution >= 4 is 23.9 Å². The molecule has 0 saturated carbocycles. The third-order valence-electron chi connectivity index (χ3n) is 2.32. The molecule has 1 aromatic rings. The van der Waals surface area contributed by atoms with E-state index >= 15 is 0 Å². The van der Waals surface area contributed by atoms with E-state index in [4.69, 9.17) is 11.6 Å². The molecule has 5 nitrogen and oxygen atoms in total. The first kappa shape index (κ1) is 14.6. The first-order valence-corrected chi connectivity index (χ1v) is 5.66. The average molecular weight is 273 g/mol. The van der Waals surface area contributed by atoms with Gasteiger partial charge < -0.3 is 14.9 Å². The monoisotopic (exact) mass is 272 g/mol. The fraction of sp³-hybridized carbons (Fsp3) is 0.333. The van der Waals surface area contributed by atoms with Gasteiger partial charge >= 0.3 is 5.97 Å². The molecule has 2 unspecified atom stereocenters. The Hall–Kier alpha value is -1.43. The molecule has 0 aliphatic heterocycles. The van der Waals surface area contributed by atoms with E-state index in [-0.39, 0.29) is 22.8 Å². The molecular formula is C12H13ClO5. The largest absolute Gasteiger partial charge is 0.464 e. The van der Waals surface area contributed by atoms with Crippen molar-refractivity contribution in [1.82, 2.24) is 0 Å². The highest BCUT2D eigenvalue weighted by atomic mass is 35.5. The van der Waals surface area contributed by atoms with Crippen LogP contribution in [0.2, 0.25) is 5.02 Å². The number of hydrogen-bond acceptors (Lipinski definition) is 5. The van der Waals surface area contributed by atoms with E-state index in [1.165, 1.54) is 18.2 Å². The smallest absolute Gasteiger partial charge is 0.338 e. The summed E-state index contributed by atoms with van der Waals surface area (Å²) < 4.78 is 4.58. The highest BCUT2D eigenvalue weighted by Gasteiger charge is 2.28. The minimum Gasteiger partial charge on any atom is -0.464 e. The zero-order valence-electron chi connectivity index (χ0n) is 9.67. The SMILES string of the molecule is CCOC(=O)C(O)C(O)c1cc(Cl)ccc1C=O. The normalized spacial score (nSPS) is 13.8. The molecule has 6 heteroatoms. The van der Waals surface area contributed by atoms with E-state index in [2.05, 4.69) is 4.74 Å². The van der Waals surface area contributed by atoms with Gasteiger partial charge in [0.05, 0.1) is 6.61 Å². The highest BCUT2D eigenvalue weighted by Crippen LogP contribution is 2.24. The Morgan fingerprint density at radius 1 is 1.50 bits per heavy atom. The molecule has 0 spiro atoms. The predicted octanol–water partition coefficient (Wildman–Crippen LogP) is 1.11. The van der Waals surface area contributed by atoms with Crippen LogP contribution in [0.3, 0.4) is 0 Å². The van der Waals surface area contributed by atoms with Gasteiger partial charge in [0.1, 0.15) is 12.4 Å². The van der Waals surface area contributed by atoms with Gasteiger partial charge in [-0.25, -0.2) is 4.79 Å². The van der Waals surface area contributed by atoms with E-state index in [1.54, 1.807) is 6.92 Å². The molecule has 1 aromatic carbocycles. The second kappa shape index (κ2) is 6.49. The second-order valence-corrected chi connectivity index (χ2v) is 3.97. The van der Waals surface area contributed by atoms with Crippen LogP contribution in [-0.2, 0) is 9.53 Å². The maximum Gasteiger partial charge on any atom is 0.338 e.